The lowest BCUT2D eigenvalue weighted by Gasteiger charge is -1.93. The molecule has 0 atom stereocenters. The zero-order chi connectivity index (χ0) is 10.2. The molecular formula is C11H13N3. The Hall–Kier alpha value is -1.66. The predicted molar refractivity (Wildman–Crippen MR) is 56.5 cm³/mol. The van der Waals surface area contributed by atoms with Crippen molar-refractivity contribution >= 4 is 6.08 Å². The molecule has 1 N–H and O–H groups in total. The summed E-state index contributed by atoms with van der Waals surface area (Å²) < 4.78 is 0. The van der Waals surface area contributed by atoms with Gasteiger partial charge in [0.05, 0.1) is 0 Å². The van der Waals surface area contributed by atoms with Crippen molar-refractivity contribution in [3.8, 4) is 6.07 Å². The van der Waals surface area contributed by atoms with Gasteiger partial charge in [-0.1, -0.05) is 18.2 Å². The average molecular weight is 187 g/mol. The van der Waals surface area contributed by atoms with Gasteiger partial charge in [0.15, 0.2) is 0 Å². The molecule has 0 spiro atoms. The smallest absolute Gasteiger partial charge is 0.140 e. The first-order chi connectivity index (χ1) is 6.86. The monoisotopic (exact) mass is 187 g/mol. The highest BCUT2D eigenvalue weighted by molar-refractivity contribution is 5.48. The molecule has 1 rings (SSSR count). The number of hydrogen-bond acceptors (Lipinski definition) is 3. The summed E-state index contributed by atoms with van der Waals surface area (Å²) in [6.07, 6.45) is 6.79. The molecule has 0 aliphatic heterocycles. The van der Waals surface area contributed by atoms with Crippen molar-refractivity contribution in [2.24, 2.45) is 0 Å². The number of hydrogen-bond donors (Lipinski definition) is 1. The molecule has 1 aromatic heterocycles. The molecule has 72 valence electrons. The Labute approximate surface area is 84.1 Å². The lowest BCUT2D eigenvalue weighted by Crippen LogP contribution is -2.05. The lowest BCUT2D eigenvalue weighted by atomic mass is 10.2. The van der Waals surface area contributed by atoms with Crippen molar-refractivity contribution < 1.29 is 0 Å². The van der Waals surface area contributed by atoms with E-state index in [1.165, 1.54) is 0 Å². The van der Waals surface area contributed by atoms with Gasteiger partial charge in [-0.3, -0.25) is 0 Å². The van der Waals surface area contributed by atoms with Crippen LogP contribution in [0.15, 0.2) is 24.4 Å². The van der Waals surface area contributed by atoms with E-state index in [1.807, 2.05) is 25.3 Å². The van der Waals surface area contributed by atoms with Crippen molar-refractivity contribution in [1.82, 2.24) is 10.3 Å². The second-order valence-electron chi connectivity index (χ2n) is 2.88. The van der Waals surface area contributed by atoms with Gasteiger partial charge in [0.1, 0.15) is 11.8 Å². The van der Waals surface area contributed by atoms with Crippen LogP contribution in [-0.2, 0) is 0 Å². The topological polar surface area (TPSA) is 48.7 Å². The summed E-state index contributed by atoms with van der Waals surface area (Å²) in [7, 11) is 1.93. The van der Waals surface area contributed by atoms with Gasteiger partial charge in [0, 0.05) is 6.20 Å². The summed E-state index contributed by atoms with van der Waals surface area (Å²) in [6.45, 7) is 0.972. The first-order valence-electron chi connectivity index (χ1n) is 4.54. The average Bonchev–Trinajstić information content (AvgIpc) is 2.25. The van der Waals surface area contributed by atoms with Gasteiger partial charge in [0.25, 0.3) is 0 Å². The SMILES string of the molecule is CNCCC=Cc1ccc(C#N)nc1. The van der Waals surface area contributed by atoms with Crippen molar-refractivity contribution in [2.75, 3.05) is 13.6 Å². The largest absolute Gasteiger partial charge is 0.319 e. The zero-order valence-corrected chi connectivity index (χ0v) is 8.20. The van der Waals surface area contributed by atoms with Crippen LogP contribution in [0.25, 0.3) is 6.08 Å². The van der Waals surface area contributed by atoms with Crippen molar-refractivity contribution in [3.63, 3.8) is 0 Å². The van der Waals surface area contributed by atoms with Gasteiger partial charge in [-0.15, -0.1) is 0 Å². The van der Waals surface area contributed by atoms with Gasteiger partial charge in [-0.2, -0.15) is 5.26 Å². The fourth-order valence-corrected chi connectivity index (χ4v) is 1.02. The highest BCUT2D eigenvalue weighted by atomic mass is 14.8. The van der Waals surface area contributed by atoms with Crippen LogP contribution in [-0.4, -0.2) is 18.6 Å². The van der Waals surface area contributed by atoms with E-state index >= 15 is 0 Å². The summed E-state index contributed by atoms with van der Waals surface area (Å²) in [6, 6.07) is 5.60. The summed E-state index contributed by atoms with van der Waals surface area (Å²) in [5, 5.41) is 11.6. The van der Waals surface area contributed by atoms with E-state index in [0.29, 0.717) is 5.69 Å². The molecule has 14 heavy (non-hydrogen) atoms. The highest BCUT2D eigenvalue weighted by Gasteiger charge is 1.89. The first-order valence-corrected chi connectivity index (χ1v) is 4.54. The van der Waals surface area contributed by atoms with Crippen LogP contribution in [0.2, 0.25) is 0 Å². The minimum Gasteiger partial charge on any atom is -0.319 e. The Balaban J connectivity index is 2.52. The minimum atomic E-state index is 0.456. The van der Waals surface area contributed by atoms with Crippen LogP contribution >= 0.6 is 0 Å². The van der Waals surface area contributed by atoms with Crippen molar-refractivity contribution in [3.05, 3.63) is 35.7 Å². The number of nitrogens with zero attached hydrogens (tertiary/aromatic N) is 2. The maximum atomic E-state index is 8.54. The second kappa shape index (κ2) is 5.90. The van der Waals surface area contributed by atoms with Gasteiger partial charge in [-0.25, -0.2) is 4.98 Å². The Kier molecular flexibility index (Phi) is 4.39. The quantitative estimate of drug-likeness (QED) is 0.728. The molecule has 0 aromatic carbocycles. The number of nitrogens with one attached hydrogen (secondary N) is 1. The van der Waals surface area contributed by atoms with Crippen LogP contribution in [0.4, 0.5) is 0 Å². The van der Waals surface area contributed by atoms with Crippen LogP contribution in [0.5, 0.6) is 0 Å². The van der Waals surface area contributed by atoms with E-state index < -0.39 is 0 Å². The van der Waals surface area contributed by atoms with Crippen LogP contribution in [0.1, 0.15) is 17.7 Å². The molecule has 0 amide bonds. The van der Waals surface area contributed by atoms with Crippen molar-refractivity contribution in [1.29, 1.82) is 5.26 Å². The maximum absolute atomic E-state index is 8.54. The third-order valence-electron chi connectivity index (χ3n) is 1.77. The molecule has 0 bridgehead atoms. The van der Waals surface area contributed by atoms with Crippen LogP contribution in [0, 0.1) is 11.3 Å². The van der Waals surface area contributed by atoms with E-state index in [9.17, 15) is 0 Å². The molecule has 0 radical (unpaired) electrons. The second-order valence-corrected chi connectivity index (χ2v) is 2.88. The molecule has 0 saturated carbocycles. The van der Waals surface area contributed by atoms with Gasteiger partial charge in [0.2, 0.25) is 0 Å². The Bertz CT molecular complexity index is 333. The van der Waals surface area contributed by atoms with Crippen molar-refractivity contribution in [2.45, 2.75) is 6.42 Å². The molecule has 3 nitrogen and oxygen atoms in total. The van der Waals surface area contributed by atoms with E-state index in [1.54, 1.807) is 12.3 Å². The predicted octanol–water partition coefficient (Wildman–Crippen LogP) is 1.58. The van der Waals surface area contributed by atoms with Crippen LogP contribution in [0.3, 0.4) is 0 Å². The number of nitriles is 1. The lowest BCUT2D eigenvalue weighted by molar-refractivity contribution is 0.809. The normalized spacial score (nSPS) is 10.3. The summed E-state index contributed by atoms with van der Waals surface area (Å²) >= 11 is 0. The number of aromatic nitrogens is 1. The van der Waals surface area contributed by atoms with E-state index in [2.05, 4.69) is 16.4 Å². The number of pyridine rings is 1. The molecule has 1 aromatic rings. The van der Waals surface area contributed by atoms with Gasteiger partial charge in [-0.05, 0) is 31.6 Å². The van der Waals surface area contributed by atoms with Gasteiger partial charge < -0.3 is 5.32 Å². The zero-order valence-electron chi connectivity index (χ0n) is 8.20. The summed E-state index contributed by atoms with van der Waals surface area (Å²) in [5.41, 5.74) is 1.48. The molecule has 0 aliphatic rings. The van der Waals surface area contributed by atoms with Crippen LogP contribution < -0.4 is 5.32 Å². The molecule has 0 saturated heterocycles. The third kappa shape index (κ3) is 3.38. The molecule has 0 aliphatic carbocycles. The molecule has 1 heterocycles. The Morgan fingerprint density at radius 3 is 3.00 bits per heavy atom. The minimum absolute atomic E-state index is 0.456. The Morgan fingerprint density at radius 2 is 2.43 bits per heavy atom. The fraction of sp³-hybridized carbons (Fsp3) is 0.273. The van der Waals surface area contributed by atoms with E-state index in [0.717, 1.165) is 18.5 Å². The van der Waals surface area contributed by atoms with E-state index in [-0.39, 0.29) is 0 Å². The maximum Gasteiger partial charge on any atom is 0.140 e. The molecule has 0 unspecified atom stereocenters. The molecule has 0 fully saturated rings. The standard InChI is InChI=1S/C11H13N3/c1-13-7-3-2-4-10-5-6-11(8-12)14-9-10/h2,4-6,9,13H,3,7H2,1H3. The Morgan fingerprint density at radius 1 is 1.57 bits per heavy atom. The molecular weight excluding hydrogens is 174 g/mol. The fourth-order valence-electron chi connectivity index (χ4n) is 1.02. The summed E-state index contributed by atoms with van der Waals surface area (Å²) in [4.78, 5) is 3.97. The van der Waals surface area contributed by atoms with E-state index in [4.69, 9.17) is 5.26 Å². The molecule has 3 heteroatoms. The third-order valence-corrected chi connectivity index (χ3v) is 1.77. The number of rotatable bonds is 4. The van der Waals surface area contributed by atoms with Gasteiger partial charge >= 0.3 is 0 Å². The highest BCUT2D eigenvalue weighted by Crippen LogP contribution is 2.02. The summed E-state index contributed by atoms with van der Waals surface area (Å²) in [5.74, 6) is 0. The first kappa shape index (κ1) is 10.4.